The van der Waals surface area contributed by atoms with E-state index in [0.717, 1.165) is 31.2 Å². The maximum absolute atomic E-state index is 12.7. The van der Waals surface area contributed by atoms with Crippen molar-refractivity contribution in [3.63, 3.8) is 0 Å². The van der Waals surface area contributed by atoms with Crippen molar-refractivity contribution >= 4 is 11.9 Å². The van der Waals surface area contributed by atoms with E-state index in [0.29, 0.717) is 25.1 Å². The first kappa shape index (κ1) is 30.7. The predicted molar refractivity (Wildman–Crippen MR) is 155 cm³/mol. The fourth-order valence-corrected chi connectivity index (χ4v) is 5.89. The molecule has 2 atom stereocenters. The van der Waals surface area contributed by atoms with E-state index >= 15 is 0 Å². The molecule has 0 aromatic heterocycles. The minimum Gasteiger partial charge on any atom is -0.483 e. The lowest BCUT2D eigenvalue weighted by Crippen LogP contribution is -2.42. The number of carbonyl (C=O) groups is 2. The van der Waals surface area contributed by atoms with Crippen molar-refractivity contribution in [1.29, 1.82) is 0 Å². The monoisotopic (exact) mass is 537 g/mol. The fourth-order valence-electron chi connectivity index (χ4n) is 5.89. The van der Waals surface area contributed by atoms with Gasteiger partial charge in [0.15, 0.2) is 6.61 Å². The van der Waals surface area contributed by atoms with E-state index in [4.69, 9.17) is 4.74 Å². The summed E-state index contributed by atoms with van der Waals surface area (Å²) in [6.07, 6.45) is 4.33. The summed E-state index contributed by atoms with van der Waals surface area (Å²) in [5, 5.41) is 19.9. The maximum atomic E-state index is 12.7. The molecule has 1 saturated heterocycles. The summed E-state index contributed by atoms with van der Waals surface area (Å²) in [5.74, 6) is -0.601. The number of amides is 1. The molecule has 3 rings (SSSR count). The summed E-state index contributed by atoms with van der Waals surface area (Å²) >= 11 is 0. The molecule has 6 nitrogen and oxygen atoms in total. The molecular weight excluding hydrogens is 490 g/mol. The van der Waals surface area contributed by atoms with Crippen LogP contribution in [0.1, 0.15) is 94.5 Å². The lowest BCUT2D eigenvalue weighted by Gasteiger charge is -2.34. The van der Waals surface area contributed by atoms with Crippen LogP contribution >= 0.6 is 0 Å². The molecule has 214 valence electrons. The summed E-state index contributed by atoms with van der Waals surface area (Å²) < 4.78 is 5.88. The summed E-state index contributed by atoms with van der Waals surface area (Å²) in [4.78, 5) is 25.5. The van der Waals surface area contributed by atoms with E-state index < -0.39 is 12.0 Å². The molecule has 0 saturated carbocycles. The normalized spacial score (nSPS) is 16.8. The molecule has 1 heterocycles. The van der Waals surface area contributed by atoms with Crippen molar-refractivity contribution in [2.24, 2.45) is 5.41 Å². The zero-order valence-electron chi connectivity index (χ0n) is 24.8. The Bertz CT molecular complexity index is 1160. The fraction of sp³-hybridized carbons (Fsp3) is 0.576. The first-order valence-corrected chi connectivity index (χ1v) is 14.4. The Labute approximate surface area is 234 Å². The van der Waals surface area contributed by atoms with Gasteiger partial charge in [0.05, 0.1) is 6.10 Å². The SMILES string of the molecule is CCC(CC)(c1ccc(CCC(O)C(C)(C)C)c(C)c1)c1ccc(OCC(=O)N2CCC[C@H]2C(=O)O)c(C)c1. The molecule has 2 aromatic rings. The average molecular weight is 538 g/mol. The van der Waals surface area contributed by atoms with Gasteiger partial charge in [-0.25, -0.2) is 4.79 Å². The van der Waals surface area contributed by atoms with E-state index in [2.05, 4.69) is 71.9 Å². The molecular formula is C33H47NO5. The molecule has 1 aliphatic rings. The molecule has 0 aliphatic carbocycles. The average Bonchev–Trinajstić information content (AvgIpc) is 3.38. The smallest absolute Gasteiger partial charge is 0.326 e. The van der Waals surface area contributed by atoms with Crippen LogP contribution in [0.15, 0.2) is 36.4 Å². The van der Waals surface area contributed by atoms with Gasteiger partial charge in [-0.1, -0.05) is 65.0 Å². The van der Waals surface area contributed by atoms with Gasteiger partial charge in [-0.15, -0.1) is 0 Å². The number of aliphatic carboxylic acids is 1. The van der Waals surface area contributed by atoms with Gasteiger partial charge >= 0.3 is 5.97 Å². The summed E-state index contributed by atoms with van der Waals surface area (Å²) in [6.45, 7) is 15.1. The highest BCUT2D eigenvalue weighted by Crippen LogP contribution is 2.41. The number of aliphatic hydroxyl groups is 1. The number of nitrogens with zero attached hydrogens (tertiary/aromatic N) is 1. The van der Waals surface area contributed by atoms with E-state index in [9.17, 15) is 19.8 Å². The first-order valence-electron chi connectivity index (χ1n) is 14.4. The number of hydrogen-bond acceptors (Lipinski definition) is 4. The molecule has 1 aliphatic heterocycles. The van der Waals surface area contributed by atoms with Gasteiger partial charge in [0, 0.05) is 12.0 Å². The number of carboxylic acid groups (broad SMARTS) is 1. The highest BCUT2D eigenvalue weighted by atomic mass is 16.5. The standard InChI is InChI=1S/C33H47NO5/c1-8-33(9-2,25-14-12-24(22(3)19-25)13-17-29(35)32(5,6)7)26-15-16-28(23(4)20-26)39-21-30(36)34-18-10-11-27(34)31(37)38/h12,14-16,19-20,27,29,35H,8-11,13,17-18,21H2,1-7H3,(H,37,38)/t27-,29?/m0/s1. The van der Waals surface area contributed by atoms with Crippen LogP contribution in [0.3, 0.4) is 0 Å². The molecule has 0 spiro atoms. The van der Waals surface area contributed by atoms with Crippen LogP contribution in [0.4, 0.5) is 0 Å². The number of benzene rings is 2. The van der Waals surface area contributed by atoms with Crippen LogP contribution in [0.25, 0.3) is 0 Å². The summed E-state index contributed by atoms with van der Waals surface area (Å²) in [6, 6.07) is 12.2. The highest BCUT2D eigenvalue weighted by molar-refractivity contribution is 5.85. The second-order valence-corrected chi connectivity index (χ2v) is 12.2. The van der Waals surface area contributed by atoms with Gasteiger partial charge in [-0.05, 0) is 91.7 Å². The Morgan fingerprint density at radius 3 is 2.18 bits per heavy atom. The number of hydrogen-bond donors (Lipinski definition) is 2. The van der Waals surface area contributed by atoms with E-state index in [1.165, 1.54) is 27.2 Å². The largest absolute Gasteiger partial charge is 0.483 e. The lowest BCUT2D eigenvalue weighted by atomic mass is 9.69. The van der Waals surface area contributed by atoms with Crippen LogP contribution < -0.4 is 4.74 Å². The maximum Gasteiger partial charge on any atom is 0.326 e. The molecule has 0 bridgehead atoms. The van der Waals surface area contributed by atoms with E-state index in [1.807, 2.05) is 13.0 Å². The van der Waals surface area contributed by atoms with Crippen molar-refractivity contribution in [2.75, 3.05) is 13.2 Å². The van der Waals surface area contributed by atoms with Gasteiger partial charge in [0.2, 0.25) is 0 Å². The first-order chi connectivity index (χ1) is 18.3. The van der Waals surface area contributed by atoms with Crippen LogP contribution in [-0.4, -0.2) is 52.3 Å². The minimum atomic E-state index is -0.956. The van der Waals surface area contributed by atoms with Crippen molar-refractivity contribution in [3.05, 3.63) is 64.2 Å². The molecule has 0 radical (unpaired) electrons. The number of aliphatic hydroxyl groups excluding tert-OH is 1. The number of carboxylic acids is 1. The Kier molecular flexibility index (Phi) is 9.87. The molecule has 6 heteroatoms. The lowest BCUT2D eigenvalue weighted by molar-refractivity contribution is -0.148. The highest BCUT2D eigenvalue weighted by Gasteiger charge is 2.34. The zero-order chi connectivity index (χ0) is 29.0. The van der Waals surface area contributed by atoms with Crippen LogP contribution in [0, 0.1) is 19.3 Å². The third-order valence-corrected chi connectivity index (χ3v) is 8.73. The predicted octanol–water partition coefficient (Wildman–Crippen LogP) is 6.20. The van der Waals surface area contributed by atoms with Crippen molar-refractivity contribution < 1.29 is 24.5 Å². The number of carbonyl (C=O) groups excluding carboxylic acids is 1. The van der Waals surface area contributed by atoms with Crippen molar-refractivity contribution in [1.82, 2.24) is 4.90 Å². The molecule has 1 unspecified atom stereocenters. The van der Waals surface area contributed by atoms with Crippen LogP contribution in [0.2, 0.25) is 0 Å². The molecule has 39 heavy (non-hydrogen) atoms. The van der Waals surface area contributed by atoms with E-state index in [1.54, 1.807) is 0 Å². The quantitative estimate of drug-likeness (QED) is 0.356. The third-order valence-electron chi connectivity index (χ3n) is 8.73. The summed E-state index contributed by atoms with van der Waals surface area (Å²) in [5.41, 5.74) is 5.69. The number of ether oxygens (including phenoxy) is 1. The second-order valence-electron chi connectivity index (χ2n) is 12.2. The molecule has 2 N–H and O–H groups in total. The Morgan fingerprint density at radius 1 is 1.03 bits per heavy atom. The van der Waals surface area contributed by atoms with Gasteiger partial charge in [-0.3, -0.25) is 4.79 Å². The van der Waals surface area contributed by atoms with Crippen LogP contribution in [0.5, 0.6) is 5.75 Å². The van der Waals surface area contributed by atoms with Crippen LogP contribution in [-0.2, 0) is 21.4 Å². The Hall–Kier alpha value is -2.86. The summed E-state index contributed by atoms with van der Waals surface area (Å²) in [7, 11) is 0. The Morgan fingerprint density at radius 2 is 1.64 bits per heavy atom. The Balaban J connectivity index is 1.78. The van der Waals surface area contributed by atoms with E-state index in [-0.39, 0.29) is 29.4 Å². The zero-order valence-corrected chi connectivity index (χ0v) is 24.8. The molecule has 1 fully saturated rings. The van der Waals surface area contributed by atoms with Gasteiger partial charge in [0.1, 0.15) is 11.8 Å². The van der Waals surface area contributed by atoms with Crippen molar-refractivity contribution in [3.8, 4) is 5.75 Å². The van der Waals surface area contributed by atoms with Gasteiger partial charge in [-0.2, -0.15) is 0 Å². The second kappa shape index (κ2) is 12.5. The molecule has 2 aromatic carbocycles. The van der Waals surface area contributed by atoms with Crippen molar-refractivity contribution in [2.45, 2.75) is 105 Å². The molecule has 1 amide bonds. The number of likely N-dealkylation sites (tertiary alicyclic amines) is 1. The van der Waals surface area contributed by atoms with Gasteiger partial charge < -0.3 is 19.8 Å². The number of rotatable bonds is 11. The minimum absolute atomic E-state index is 0.122. The number of aryl methyl sites for hydroxylation is 3. The topological polar surface area (TPSA) is 87.1 Å². The van der Waals surface area contributed by atoms with Gasteiger partial charge in [0.25, 0.3) is 5.91 Å². The third kappa shape index (κ3) is 6.84.